The first-order valence-electron chi connectivity index (χ1n) is 6.68. The van der Waals surface area contributed by atoms with Gasteiger partial charge in [-0.15, -0.1) is 11.3 Å². The molecule has 0 fully saturated rings. The van der Waals surface area contributed by atoms with Crippen LogP contribution in [0.15, 0.2) is 6.07 Å². The highest BCUT2D eigenvalue weighted by Gasteiger charge is 2.20. The van der Waals surface area contributed by atoms with Gasteiger partial charge in [-0.1, -0.05) is 27.2 Å². The first-order valence-corrected chi connectivity index (χ1v) is 7.50. The van der Waals surface area contributed by atoms with Gasteiger partial charge in [0, 0.05) is 4.88 Å². The molecule has 0 bridgehead atoms. The van der Waals surface area contributed by atoms with E-state index >= 15 is 0 Å². The standard InChI is InChI=1S/C14H21NO3S/c1-4-7-11-9(5-2)8-12(19-11)13(16)15-10(6-3)14(17)18/h8,10H,4-7H2,1-3H3,(H,15,16)(H,17,18). The molecule has 4 nitrogen and oxygen atoms in total. The summed E-state index contributed by atoms with van der Waals surface area (Å²) in [6, 6.07) is 1.08. The lowest BCUT2D eigenvalue weighted by Gasteiger charge is -2.10. The topological polar surface area (TPSA) is 66.4 Å². The third kappa shape index (κ3) is 4.06. The summed E-state index contributed by atoms with van der Waals surface area (Å²) >= 11 is 1.48. The van der Waals surface area contributed by atoms with E-state index in [1.165, 1.54) is 21.8 Å². The Balaban J connectivity index is 2.84. The SMILES string of the molecule is CCCc1sc(C(=O)NC(CC)C(=O)O)cc1CC. The van der Waals surface area contributed by atoms with Crippen LogP contribution in [0.3, 0.4) is 0 Å². The zero-order valence-corrected chi connectivity index (χ0v) is 12.5. The van der Waals surface area contributed by atoms with Crippen LogP contribution in [0.5, 0.6) is 0 Å². The molecule has 1 atom stereocenters. The number of hydrogen-bond donors (Lipinski definition) is 2. The Labute approximate surface area is 117 Å². The second-order valence-corrected chi connectivity index (χ2v) is 5.57. The third-order valence-corrected chi connectivity index (χ3v) is 4.23. The summed E-state index contributed by atoms with van der Waals surface area (Å²) in [5.74, 6) is -1.27. The molecule has 0 saturated heterocycles. The molecule has 1 heterocycles. The lowest BCUT2D eigenvalue weighted by molar-refractivity contribution is -0.139. The fourth-order valence-electron chi connectivity index (χ4n) is 1.88. The summed E-state index contributed by atoms with van der Waals surface area (Å²) in [5.41, 5.74) is 1.19. The van der Waals surface area contributed by atoms with Gasteiger partial charge in [0.05, 0.1) is 4.88 Å². The van der Waals surface area contributed by atoms with Crippen LogP contribution in [-0.2, 0) is 17.6 Å². The fraction of sp³-hybridized carbons (Fsp3) is 0.571. The normalized spacial score (nSPS) is 12.2. The summed E-state index contributed by atoms with van der Waals surface area (Å²) in [6.07, 6.45) is 3.29. The van der Waals surface area contributed by atoms with Gasteiger partial charge in [-0.25, -0.2) is 4.79 Å². The van der Waals surface area contributed by atoms with Crippen LogP contribution in [-0.4, -0.2) is 23.0 Å². The lowest BCUT2D eigenvalue weighted by Crippen LogP contribution is -2.39. The molecule has 19 heavy (non-hydrogen) atoms. The number of aliphatic carboxylic acids is 1. The first kappa shape index (κ1) is 15.7. The largest absolute Gasteiger partial charge is 0.480 e. The van der Waals surface area contributed by atoms with E-state index in [0.29, 0.717) is 11.3 Å². The molecule has 1 rings (SSSR count). The molecule has 0 saturated carbocycles. The van der Waals surface area contributed by atoms with E-state index in [2.05, 4.69) is 19.2 Å². The molecule has 106 valence electrons. The second-order valence-electron chi connectivity index (χ2n) is 4.44. The summed E-state index contributed by atoms with van der Waals surface area (Å²) in [6.45, 7) is 5.92. The zero-order chi connectivity index (χ0) is 14.4. The van der Waals surface area contributed by atoms with Gasteiger partial charge in [0.15, 0.2) is 0 Å². The number of nitrogens with one attached hydrogen (secondary N) is 1. The molecule has 1 unspecified atom stereocenters. The molecule has 0 radical (unpaired) electrons. The molecule has 1 aromatic rings. The number of thiophene rings is 1. The van der Waals surface area contributed by atoms with Gasteiger partial charge in [0.1, 0.15) is 6.04 Å². The number of carbonyl (C=O) groups is 2. The van der Waals surface area contributed by atoms with Crippen LogP contribution in [0.4, 0.5) is 0 Å². The van der Waals surface area contributed by atoms with Crippen molar-refractivity contribution in [2.75, 3.05) is 0 Å². The highest BCUT2D eigenvalue weighted by atomic mass is 32.1. The molecule has 5 heteroatoms. The molecule has 0 aliphatic carbocycles. The number of carboxylic acid groups (broad SMARTS) is 1. The molecular formula is C14H21NO3S. The smallest absolute Gasteiger partial charge is 0.326 e. The average Bonchev–Trinajstić information content (AvgIpc) is 2.79. The highest BCUT2D eigenvalue weighted by Crippen LogP contribution is 2.24. The number of carboxylic acids is 1. The second kappa shape index (κ2) is 7.28. The third-order valence-electron chi connectivity index (χ3n) is 2.99. The van der Waals surface area contributed by atoms with E-state index in [1.54, 1.807) is 6.92 Å². The van der Waals surface area contributed by atoms with E-state index in [0.717, 1.165) is 19.3 Å². The van der Waals surface area contributed by atoms with Gasteiger partial charge in [-0.3, -0.25) is 4.79 Å². The van der Waals surface area contributed by atoms with Crippen molar-refractivity contribution in [3.63, 3.8) is 0 Å². The molecule has 0 aliphatic heterocycles. The van der Waals surface area contributed by atoms with Crippen molar-refractivity contribution in [3.8, 4) is 0 Å². The van der Waals surface area contributed by atoms with Gasteiger partial charge in [0.25, 0.3) is 5.91 Å². The van der Waals surface area contributed by atoms with E-state index in [-0.39, 0.29) is 5.91 Å². The summed E-state index contributed by atoms with van der Waals surface area (Å²) < 4.78 is 0. The average molecular weight is 283 g/mol. The fourth-order valence-corrected chi connectivity index (χ4v) is 3.14. The number of hydrogen-bond acceptors (Lipinski definition) is 3. The predicted octanol–water partition coefficient (Wildman–Crippen LogP) is 2.86. The summed E-state index contributed by atoms with van der Waals surface area (Å²) in [4.78, 5) is 24.8. The minimum Gasteiger partial charge on any atom is -0.480 e. The van der Waals surface area contributed by atoms with E-state index in [9.17, 15) is 9.59 Å². The van der Waals surface area contributed by atoms with Crippen LogP contribution >= 0.6 is 11.3 Å². The number of rotatable bonds is 7. The van der Waals surface area contributed by atoms with Crippen molar-refractivity contribution in [1.29, 1.82) is 0 Å². The molecule has 1 amide bonds. The van der Waals surface area contributed by atoms with Crippen LogP contribution in [0.25, 0.3) is 0 Å². The first-order chi connectivity index (χ1) is 9.03. The Kier molecular flexibility index (Phi) is 6.02. The maximum atomic E-state index is 12.0. The van der Waals surface area contributed by atoms with E-state index in [1.807, 2.05) is 6.07 Å². The molecule has 2 N–H and O–H groups in total. The van der Waals surface area contributed by atoms with Crippen molar-refractivity contribution >= 4 is 23.2 Å². The molecular weight excluding hydrogens is 262 g/mol. The quantitative estimate of drug-likeness (QED) is 0.808. The zero-order valence-electron chi connectivity index (χ0n) is 11.7. The minimum atomic E-state index is -0.989. The van der Waals surface area contributed by atoms with Gasteiger partial charge in [-0.05, 0) is 30.9 Å². The summed E-state index contributed by atoms with van der Waals surface area (Å²) in [5, 5.41) is 11.5. The van der Waals surface area contributed by atoms with E-state index < -0.39 is 12.0 Å². The Hall–Kier alpha value is -1.36. The Morgan fingerprint density at radius 1 is 1.37 bits per heavy atom. The maximum Gasteiger partial charge on any atom is 0.326 e. The molecule has 0 spiro atoms. The monoisotopic (exact) mass is 283 g/mol. The molecule has 0 aromatic carbocycles. The van der Waals surface area contributed by atoms with Gasteiger partial charge in [-0.2, -0.15) is 0 Å². The minimum absolute atomic E-state index is 0.281. The predicted molar refractivity (Wildman–Crippen MR) is 76.9 cm³/mol. The highest BCUT2D eigenvalue weighted by molar-refractivity contribution is 7.14. The van der Waals surface area contributed by atoms with Crippen molar-refractivity contribution in [1.82, 2.24) is 5.32 Å². The van der Waals surface area contributed by atoms with Crippen molar-refractivity contribution < 1.29 is 14.7 Å². The summed E-state index contributed by atoms with van der Waals surface area (Å²) in [7, 11) is 0. The van der Waals surface area contributed by atoms with Crippen LogP contribution in [0, 0.1) is 0 Å². The number of amides is 1. The molecule has 0 aliphatic rings. The Morgan fingerprint density at radius 2 is 2.05 bits per heavy atom. The number of aryl methyl sites for hydroxylation is 2. The number of carbonyl (C=O) groups excluding carboxylic acids is 1. The van der Waals surface area contributed by atoms with Crippen LogP contribution < -0.4 is 5.32 Å². The molecule has 1 aromatic heterocycles. The Bertz CT molecular complexity index is 454. The van der Waals surface area contributed by atoms with Gasteiger partial charge >= 0.3 is 5.97 Å². The maximum absolute atomic E-state index is 12.0. The van der Waals surface area contributed by atoms with Gasteiger partial charge < -0.3 is 10.4 Å². The van der Waals surface area contributed by atoms with Crippen molar-refractivity contribution in [2.45, 2.75) is 52.5 Å². The van der Waals surface area contributed by atoms with E-state index in [4.69, 9.17) is 5.11 Å². The van der Waals surface area contributed by atoms with Crippen molar-refractivity contribution in [3.05, 3.63) is 21.4 Å². The lowest BCUT2D eigenvalue weighted by atomic mass is 10.1. The Morgan fingerprint density at radius 3 is 2.53 bits per heavy atom. The van der Waals surface area contributed by atoms with Crippen LogP contribution in [0.2, 0.25) is 0 Å². The van der Waals surface area contributed by atoms with Gasteiger partial charge in [0.2, 0.25) is 0 Å². The van der Waals surface area contributed by atoms with Crippen LogP contribution in [0.1, 0.15) is 53.7 Å². The van der Waals surface area contributed by atoms with Crippen molar-refractivity contribution in [2.24, 2.45) is 0 Å².